The summed E-state index contributed by atoms with van der Waals surface area (Å²) in [5.41, 5.74) is 0.560. The van der Waals surface area contributed by atoms with E-state index in [1.165, 1.54) is 0 Å². The molecule has 0 aliphatic rings. The molecular formula is C23H31NNa4O11P2. The topological polar surface area (TPSA) is 218 Å². The fraction of sp³-hybridized carbons (Fsp3) is 0.478. The number of hydrogen-bond acceptors (Lipinski definition) is 12. The van der Waals surface area contributed by atoms with Gasteiger partial charge in [-0.25, -0.2) is 0 Å². The van der Waals surface area contributed by atoms with E-state index in [1.54, 1.807) is 42.5 Å². The van der Waals surface area contributed by atoms with Crippen LogP contribution in [0.4, 0.5) is 0 Å². The molecule has 0 amide bonds. The molecule has 18 heteroatoms. The van der Waals surface area contributed by atoms with Crippen molar-refractivity contribution in [2.24, 2.45) is 0 Å². The van der Waals surface area contributed by atoms with Crippen molar-refractivity contribution in [3.05, 3.63) is 59.2 Å². The third-order valence-electron chi connectivity index (χ3n) is 5.46. The summed E-state index contributed by atoms with van der Waals surface area (Å²) in [5.74, 6) is 0.727. The molecule has 0 bridgehead atoms. The molecule has 0 atom stereocenters. The van der Waals surface area contributed by atoms with Crippen molar-refractivity contribution < 1.29 is 172 Å². The van der Waals surface area contributed by atoms with Gasteiger partial charge in [0.05, 0.1) is 38.6 Å². The molecule has 0 fully saturated rings. The molecule has 4 N–H and O–H groups in total. The summed E-state index contributed by atoms with van der Waals surface area (Å²) in [4.78, 5) is 44.1. The SMILES string of the molecule is O=P([O-])([O-])CCc1cc(CCP(=O)([O-])[O-])cc(Oc2ccc(COCCNC(CO)(CO)CO)cc2)c1.[Na+].[Na+].[Na+].[Na+]. The van der Waals surface area contributed by atoms with Crippen LogP contribution in [0.3, 0.4) is 0 Å². The molecular weight excluding hydrogens is 620 g/mol. The maximum absolute atomic E-state index is 11.0. The van der Waals surface area contributed by atoms with Crippen molar-refractivity contribution in [2.75, 3.05) is 45.3 Å². The van der Waals surface area contributed by atoms with Crippen LogP contribution >= 0.6 is 15.2 Å². The smallest absolute Gasteiger partial charge is 0.811 e. The molecule has 2 rings (SSSR count). The average molecular weight is 651 g/mol. The Bertz CT molecular complexity index is 1030. The first-order valence-corrected chi connectivity index (χ1v) is 14.9. The zero-order valence-corrected chi connectivity index (χ0v) is 33.9. The molecule has 0 aromatic heterocycles. The maximum atomic E-state index is 11.0. The fourth-order valence-corrected chi connectivity index (χ4v) is 4.36. The minimum Gasteiger partial charge on any atom is -0.811 e. The molecule has 0 saturated carbocycles. The van der Waals surface area contributed by atoms with Gasteiger partial charge >= 0.3 is 118 Å². The zero-order valence-electron chi connectivity index (χ0n) is 24.1. The minimum absolute atomic E-state index is 0. The van der Waals surface area contributed by atoms with E-state index >= 15 is 0 Å². The summed E-state index contributed by atoms with van der Waals surface area (Å²) in [5, 5.41) is 30.7. The van der Waals surface area contributed by atoms with Crippen LogP contribution < -0.4 is 148 Å². The van der Waals surface area contributed by atoms with Crippen LogP contribution in [0.5, 0.6) is 11.5 Å². The Labute approximate surface area is 328 Å². The molecule has 0 heterocycles. The van der Waals surface area contributed by atoms with Gasteiger partial charge in [-0.05, 0) is 66.1 Å². The average Bonchev–Trinajstić information content (AvgIpc) is 2.84. The van der Waals surface area contributed by atoms with E-state index in [9.17, 15) is 44.0 Å². The van der Waals surface area contributed by atoms with Gasteiger partial charge in [0.2, 0.25) is 0 Å². The Balaban J connectivity index is -0.00000361. The van der Waals surface area contributed by atoms with Crippen molar-refractivity contribution in [1.29, 1.82) is 0 Å². The van der Waals surface area contributed by atoms with Gasteiger partial charge < -0.3 is 58.8 Å². The Hall–Kier alpha value is 2.34. The molecule has 0 aliphatic heterocycles. The predicted octanol–water partition coefficient (Wildman–Crippen LogP) is -13.8. The number of aryl methyl sites for hydroxylation is 2. The molecule has 0 spiro atoms. The van der Waals surface area contributed by atoms with Gasteiger partial charge in [0.25, 0.3) is 0 Å². The fourth-order valence-electron chi connectivity index (χ4n) is 3.29. The van der Waals surface area contributed by atoms with E-state index < -0.39 is 52.9 Å². The Kier molecular flexibility index (Phi) is 27.5. The molecule has 2 aromatic rings. The molecule has 0 unspecified atom stereocenters. The molecule has 0 aliphatic carbocycles. The monoisotopic (exact) mass is 651 g/mol. The predicted molar refractivity (Wildman–Crippen MR) is 127 cm³/mol. The number of aliphatic hydroxyl groups is 3. The van der Waals surface area contributed by atoms with Crippen molar-refractivity contribution in [2.45, 2.75) is 25.0 Å². The van der Waals surface area contributed by atoms with E-state index in [0.717, 1.165) is 5.56 Å². The Morgan fingerprint density at radius 1 is 0.707 bits per heavy atom. The quantitative estimate of drug-likeness (QED) is 0.0713. The van der Waals surface area contributed by atoms with Gasteiger partial charge in [-0.1, -0.05) is 33.4 Å². The normalized spacial score (nSPS) is 11.4. The van der Waals surface area contributed by atoms with Crippen LogP contribution in [0.1, 0.15) is 16.7 Å². The molecule has 12 nitrogen and oxygen atoms in total. The first-order chi connectivity index (χ1) is 17.4. The van der Waals surface area contributed by atoms with Crippen LogP contribution in [0, 0.1) is 0 Å². The second-order valence-electron chi connectivity index (χ2n) is 8.63. The van der Waals surface area contributed by atoms with E-state index in [4.69, 9.17) is 9.47 Å². The summed E-state index contributed by atoms with van der Waals surface area (Å²) in [6.45, 7) is -0.467. The standard InChI is InChI=1S/C23H35NO11P2.4Na/c25-15-23(16-26,17-27)24-7-8-34-14-18-1-3-21(4-2-18)35-22-12-19(5-9-36(28,29)30)11-20(13-22)6-10-37(31,32)33;;;;/h1-4,11-13,24-27H,5-10,14-17H2,(H2,28,29,30)(H2,31,32,33);;;;/q;4*+1/p-4. The summed E-state index contributed by atoms with van der Waals surface area (Å²) < 4.78 is 33.4. The number of aliphatic hydroxyl groups excluding tert-OH is 3. The molecule has 41 heavy (non-hydrogen) atoms. The first-order valence-electron chi connectivity index (χ1n) is 11.4. The van der Waals surface area contributed by atoms with Crippen molar-refractivity contribution in [3.63, 3.8) is 0 Å². The van der Waals surface area contributed by atoms with Crippen LogP contribution in [-0.4, -0.2) is 66.2 Å². The van der Waals surface area contributed by atoms with Gasteiger partial charge in [-0.15, -0.1) is 0 Å². The molecule has 2 aromatic carbocycles. The zero-order chi connectivity index (χ0) is 27.5. The maximum Gasteiger partial charge on any atom is 1.00 e. The van der Waals surface area contributed by atoms with Gasteiger partial charge in [0.15, 0.2) is 0 Å². The third-order valence-corrected chi connectivity index (χ3v) is 7.00. The van der Waals surface area contributed by atoms with E-state index in [1.807, 2.05) is 0 Å². The Morgan fingerprint density at radius 3 is 1.59 bits per heavy atom. The summed E-state index contributed by atoms with van der Waals surface area (Å²) in [6, 6.07) is 11.5. The third kappa shape index (κ3) is 20.2. The summed E-state index contributed by atoms with van der Waals surface area (Å²) in [6.07, 6.45) is -1.38. The van der Waals surface area contributed by atoms with Crippen molar-refractivity contribution in [3.8, 4) is 11.5 Å². The van der Waals surface area contributed by atoms with Crippen LogP contribution in [0.15, 0.2) is 42.5 Å². The van der Waals surface area contributed by atoms with E-state index in [-0.39, 0.29) is 144 Å². The van der Waals surface area contributed by atoms with Gasteiger partial charge in [-0.3, -0.25) is 0 Å². The van der Waals surface area contributed by atoms with Gasteiger partial charge in [0, 0.05) is 6.54 Å². The summed E-state index contributed by atoms with van der Waals surface area (Å²) >= 11 is 0. The van der Waals surface area contributed by atoms with E-state index in [2.05, 4.69) is 5.32 Å². The van der Waals surface area contributed by atoms with Crippen LogP contribution in [0.25, 0.3) is 0 Å². The largest absolute Gasteiger partial charge is 1.00 e. The molecule has 208 valence electrons. The molecule has 0 radical (unpaired) electrons. The van der Waals surface area contributed by atoms with Crippen molar-refractivity contribution >= 4 is 15.2 Å². The second-order valence-corrected chi connectivity index (χ2v) is 12.0. The first kappa shape index (κ1) is 47.7. The molecule has 0 saturated heterocycles. The van der Waals surface area contributed by atoms with E-state index in [0.29, 0.717) is 29.2 Å². The minimum atomic E-state index is -4.74. The second kappa shape index (κ2) is 23.6. The van der Waals surface area contributed by atoms with Crippen LogP contribution in [0.2, 0.25) is 0 Å². The number of hydrogen-bond donors (Lipinski definition) is 4. The van der Waals surface area contributed by atoms with Crippen LogP contribution in [-0.2, 0) is 33.3 Å². The Morgan fingerprint density at radius 2 is 1.17 bits per heavy atom. The number of ether oxygens (including phenoxy) is 2. The number of nitrogens with one attached hydrogen (secondary N) is 1. The number of rotatable bonds is 17. The number of benzene rings is 2. The summed E-state index contributed by atoms with van der Waals surface area (Å²) in [7, 11) is -9.48. The van der Waals surface area contributed by atoms with Crippen molar-refractivity contribution in [1.82, 2.24) is 5.32 Å². The van der Waals surface area contributed by atoms with Gasteiger partial charge in [0.1, 0.15) is 11.5 Å². The van der Waals surface area contributed by atoms with Gasteiger partial charge in [-0.2, -0.15) is 0 Å².